The molecule has 0 radical (unpaired) electrons. The van der Waals surface area contributed by atoms with Gasteiger partial charge in [-0.05, 0) is 26.6 Å². The molecule has 0 fully saturated rings. The van der Waals surface area contributed by atoms with Gasteiger partial charge in [-0.2, -0.15) is 26.3 Å². The maximum atomic E-state index is 12.0. The predicted molar refractivity (Wildman–Crippen MR) is 47.0 cm³/mol. The van der Waals surface area contributed by atoms with Crippen LogP contribution < -0.4 is 10.6 Å². The molecule has 0 aromatic heterocycles. The van der Waals surface area contributed by atoms with Gasteiger partial charge in [0.15, 0.2) is 5.92 Å². The minimum absolute atomic E-state index is 0.115. The van der Waals surface area contributed by atoms with Crippen molar-refractivity contribution in [2.75, 3.05) is 26.7 Å². The smallest absolute Gasteiger partial charge is 0.320 e. The van der Waals surface area contributed by atoms with Gasteiger partial charge in [0.1, 0.15) is 0 Å². The van der Waals surface area contributed by atoms with Crippen molar-refractivity contribution in [2.24, 2.45) is 5.92 Å². The van der Waals surface area contributed by atoms with E-state index in [0.717, 1.165) is 0 Å². The van der Waals surface area contributed by atoms with Crippen LogP contribution in [0.2, 0.25) is 0 Å². The van der Waals surface area contributed by atoms with Gasteiger partial charge in [0, 0.05) is 6.54 Å². The first-order chi connectivity index (χ1) is 7.19. The Labute approximate surface area is 89.4 Å². The number of nitrogens with one attached hydrogen (secondary N) is 2. The van der Waals surface area contributed by atoms with Gasteiger partial charge < -0.3 is 10.6 Å². The summed E-state index contributed by atoms with van der Waals surface area (Å²) in [5.41, 5.74) is 0. The van der Waals surface area contributed by atoms with Gasteiger partial charge in [-0.3, -0.25) is 0 Å². The van der Waals surface area contributed by atoms with E-state index in [1.165, 1.54) is 0 Å². The lowest BCUT2D eigenvalue weighted by Gasteiger charge is -2.23. The van der Waals surface area contributed by atoms with Crippen LogP contribution in [0, 0.1) is 5.92 Å². The van der Waals surface area contributed by atoms with E-state index in [4.69, 9.17) is 0 Å². The summed E-state index contributed by atoms with van der Waals surface area (Å²) in [6.45, 7) is -0.476. The number of hydrogen-bond acceptors (Lipinski definition) is 2. The van der Waals surface area contributed by atoms with Gasteiger partial charge in [0.05, 0.1) is 0 Å². The maximum absolute atomic E-state index is 12.0. The van der Waals surface area contributed by atoms with Gasteiger partial charge in [-0.25, -0.2) is 0 Å². The van der Waals surface area contributed by atoms with Crippen molar-refractivity contribution in [3.8, 4) is 0 Å². The molecule has 0 rings (SSSR count). The van der Waals surface area contributed by atoms with Crippen LogP contribution in [0.5, 0.6) is 0 Å². The lowest BCUT2D eigenvalue weighted by atomic mass is 10.1. The molecule has 0 saturated heterocycles. The fourth-order valence-electron chi connectivity index (χ4n) is 1.05. The maximum Gasteiger partial charge on any atom is 0.401 e. The van der Waals surface area contributed by atoms with Crippen LogP contribution in [0.3, 0.4) is 0 Å². The molecule has 0 aromatic rings. The zero-order chi connectivity index (χ0) is 12.8. The second kappa shape index (κ2) is 6.29. The Kier molecular flexibility index (Phi) is 6.09. The molecule has 0 aliphatic heterocycles. The Morgan fingerprint density at radius 2 is 1.44 bits per heavy atom. The van der Waals surface area contributed by atoms with E-state index in [9.17, 15) is 26.3 Å². The SMILES string of the molecule is CNCCCNCC(C(F)(F)F)C(F)(F)F. The molecule has 0 spiro atoms. The number of alkyl halides is 6. The van der Waals surface area contributed by atoms with Crippen LogP contribution in [0.15, 0.2) is 0 Å². The summed E-state index contributed by atoms with van der Waals surface area (Å²) >= 11 is 0. The highest BCUT2D eigenvalue weighted by Crippen LogP contribution is 2.38. The normalized spacial score (nSPS) is 13.5. The van der Waals surface area contributed by atoms with E-state index in [0.29, 0.717) is 13.0 Å². The molecule has 98 valence electrons. The number of hydrogen-bond donors (Lipinski definition) is 2. The molecule has 0 saturated carbocycles. The highest BCUT2D eigenvalue weighted by atomic mass is 19.4. The van der Waals surface area contributed by atoms with Gasteiger partial charge in [-0.1, -0.05) is 0 Å². The quantitative estimate of drug-likeness (QED) is 0.557. The van der Waals surface area contributed by atoms with Crippen LogP contribution in [-0.2, 0) is 0 Å². The molecule has 16 heavy (non-hydrogen) atoms. The first-order valence-electron chi connectivity index (χ1n) is 4.68. The average Bonchev–Trinajstić information content (AvgIpc) is 2.06. The van der Waals surface area contributed by atoms with Crippen molar-refractivity contribution in [1.82, 2.24) is 10.6 Å². The molecule has 8 heteroatoms. The average molecular weight is 252 g/mol. The molecular weight excluding hydrogens is 238 g/mol. The molecular formula is C8H14F6N2. The summed E-state index contributed by atoms with van der Waals surface area (Å²) < 4.78 is 72.1. The summed E-state index contributed by atoms with van der Waals surface area (Å²) in [6, 6.07) is 0. The monoisotopic (exact) mass is 252 g/mol. The molecule has 0 bridgehead atoms. The molecule has 0 aliphatic carbocycles. The molecule has 0 heterocycles. The van der Waals surface area contributed by atoms with Crippen molar-refractivity contribution in [2.45, 2.75) is 18.8 Å². The van der Waals surface area contributed by atoms with Crippen molar-refractivity contribution >= 4 is 0 Å². The van der Waals surface area contributed by atoms with Crippen molar-refractivity contribution in [3.63, 3.8) is 0 Å². The molecule has 0 unspecified atom stereocenters. The van der Waals surface area contributed by atoms with E-state index in [2.05, 4.69) is 10.6 Å². The third-order valence-electron chi connectivity index (χ3n) is 1.92. The number of rotatable bonds is 6. The van der Waals surface area contributed by atoms with Crippen LogP contribution in [0.4, 0.5) is 26.3 Å². The molecule has 0 aromatic carbocycles. The Morgan fingerprint density at radius 3 is 1.81 bits per heavy atom. The minimum Gasteiger partial charge on any atom is -0.320 e. The zero-order valence-electron chi connectivity index (χ0n) is 8.67. The number of halogens is 6. The Hall–Kier alpha value is -0.500. The molecule has 0 atom stereocenters. The second-order valence-electron chi connectivity index (χ2n) is 3.30. The van der Waals surface area contributed by atoms with E-state index in [1.54, 1.807) is 7.05 Å². The standard InChI is InChI=1S/C8H14F6N2/c1-15-3-2-4-16-5-6(7(9,10)11)8(12,13)14/h6,15-16H,2-5H2,1H3. The van der Waals surface area contributed by atoms with Crippen molar-refractivity contribution in [3.05, 3.63) is 0 Å². The summed E-state index contributed by atoms with van der Waals surface area (Å²) in [5, 5.41) is 4.89. The van der Waals surface area contributed by atoms with Crippen LogP contribution in [0.1, 0.15) is 6.42 Å². The topological polar surface area (TPSA) is 24.1 Å². The summed E-state index contributed by atoms with van der Waals surface area (Å²) in [6.07, 6.45) is -10.0. The van der Waals surface area contributed by atoms with Gasteiger partial charge in [0.2, 0.25) is 0 Å². The lowest BCUT2D eigenvalue weighted by Crippen LogP contribution is -2.43. The molecule has 0 amide bonds. The van der Waals surface area contributed by atoms with Crippen LogP contribution in [-0.4, -0.2) is 39.0 Å². The van der Waals surface area contributed by atoms with E-state index < -0.39 is 24.8 Å². The lowest BCUT2D eigenvalue weighted by molar-refractivity contribution is -0.281. The van der Waals surface area contributed by atoms with Gasteiger partial charge in [0.25, 0.3) is 0 Å². The third kappa shape index (κ3) is 6.16. The summed E-state index contributed by atoms with van der Waals surface area (Å²) in [7, 11) is 1.65. The van der Waals surface area contributed by atoms with E-state index >= 15 is 0 Å². The van der Waals surface area contributed by atoms with E-state index in [1.807, 2.05) is 0 Å². The first-order valence-corrected chi connectivity index (χ1v) is 4.68. The largest absolute Gasteiger partial charge is 0.401 e. The van der Waals surface area contributed by atoms with E-state index in [-0.39, 0.29) is 6.54 Å². The molecule has 0 aliphatic rings. The van der Waals surface area contributed by atoms with Crippen LogP contribution in [0.25, 0.3) is 0 Å². The predicted octanol–water partition coefficient (Wildman–Crippen LogP) is 1.93. The van der Waals surface area contributed by atoms with Gasteiger partial charge >= 0.3 is 12.4 Å². The fourth-order valence-corrected chi connectivity index (χ4v) is 1.05. The Balaban J connectivity index is 4.06. The van der Waals surface area contributed by atoms with Crippen molar-refractivity contribution < 1.29 is 26.3 Å². The summed E-state index contributed by atoms with van der Waals surface area (Å²) in [5.74, 6) is -3.30. The third-order valence-corrected chi connectivity index (χ3v) is 1.92. The van der Waals surface area contributed by atoms with Gasteiger partial charge in [-0.15, -0.1) is 0 Å². The second-order valence-corrected chi connectivity index (χ2v) is 3.30. The first kappa shape index (κ1) is 15.5. The molecule has 2 N–H and O–H groups in total. The Bertz CT molecular complexity index is 174. The van der Waals surface area contributed by atoms with Crippen molar-refractivity contribution in [1.29, 1.82) is 0 Å². The highest BCUT2D eigenvalue weighted by Gasteiger charge is 2.55. The zero-order valence-corrected chi connectivity index (χ0v) is 8.67. The minimum atomic E-state index is -5.26. The summed E-state index contributed by atoms with van der Waals surface area (Å²) in [4.78, 5) is 0. The van der Waals surface area contributed by atoms with Crippen LogP contribution >= 0.6 is 0 Å². The Morgan fingerprint density at radius 1 is 0.938 bits per heavy atom. The highest BCUT2D eigenvalue weighted by molar-refractivity contribution is 4.77. The molecule has 2 nitrogen and oxygen atoms in total. The fraction of sp³-hybridized carbons (Fsp3) is 1.00.